The molecule has 6 nitrogen and oxygen atoms in total. The lowest BCUT2D eigenvalue weighted by Gasteiger charge is -2.45. The summed E-state index contributed by atoms with van der Waals surface area (Å²) in [5.74, 6) is -0.690. The van der Waals surface area contributed by atoms with Gasteiger partial charge in [0.2, 0.25) is 5.91 Å². The Morgan fingerprint density at radius 3 is 2.78 bits per heavy atom. The summed E-state index contributed by atoms with van der Waals surface area (Å²) in [5.41, 5.74) is 2.29. The maximum atomic E-state index is 12.7. The van der Waals surface area contributed by atoms with Gasteiger partial charge in [-0.2, -0.15) is 0 Å². The number of β-lactam (4-membered cyclic amide) rings is 1. The second kappa shape index (κ2) is 7.39. The molecule has 2 atom stereocenters. The van der Waals surface area contributed by atoms with E-state index in [0.29, 0.717) is 12.0 Å². The lowest BCUT2D eigenvalue weighted by molar-refractivity contribution is -0.158. The van der Waals surface area contributed by atoms with Gasteiger partial charge in [0.25, 0.3) is 5.91 Å². The Morgan fingerprint density at radius 1 is 1.41 bits per heavy atom. The molecule has 0 saturated carbocycles. The van der Waals surface area contributed by atoms with Gasteiger partial charge >= 0.3 is 5.97 Å². The first-order valence-corrected chi connectivity index (χ1v) is 9.07. The smallest absolute Gasteiger partial charge is 0.355 e. The van der Waals surface area contributed by atoms with Crippen molar-refractivity contribution < 1.29 is 19.1 Å². The van der Waals surface area contributed by atoms with Crippen LogP contribution in [-0.4, -0.2) is 42.4 Å². The highest BCUT2D eigenvalue weighted by atomic mass is 16.5. The molecule has 2 amide bonds. The van der Waals surface area contributed by atoms with Crippen molar-refractivity contribution in [1.29, 1.82) is 0 Å². The van der Waals surface area contributed by atoms with Crippen LogP contribution in [0.5, 0.6) is 0 Å². The number of nitrogens with zero attached hydrogens (tertiary/aromatic N) is 1. The van der Waals surface area contributed by atoms with Gasteiger partial charge in [0.15, 0.2) is 0 Å². The van der Waals surface area contributed by atoms with Crippen LogP contribution in [0.2, 0.25) is 0 Å². The van der Waals surface area contributed by atoms with Crippen LogP contribution >= 0.6 is 0 Å². The summed E-state index contributed by atoms with van der Waals surface area (Å²) in [5, 5.41) is 2.60. The first-order valence-electron chi connectivity index (χ1n) is 9.07. The molecule has 142 valence electrons. The average Bonchev–Trinajstić information content (AvgIpc) is 3.00. The molecule has 1 fully saturated rings. The third kappa shape index (κ3) is 3.16. The zero-order valence-electron chi connectivity index (χ0n) is 15.8. The summed E-state index contributed by atoms with van der Waals surface area (Å²) in [6, 6.07) is 7.04. The fourth-order valence-electron chi connectivity index (χ4n) is 3.91. The van der Waals surface area contributed by atoms with E-state index in [1.165, 1.54) is 6.08 Å². The molecule has 27 heavy (non-hydrogen) atoms. The van der Waals surface area contributed by atoms with E-state index in [2.05, 4.69) is 11.9 Å². The number of amides is 2. The molecule has 0 aliphatic carbocycles. The first kappa shape index (κ1) is 18.9. The SMILES string of the molecule is C=CCOC(=O)C1=C(c2cccc(C(=O)NC)c2)CC2C(C(C)C)C(=O)N12. The molecule has 1 aromatic rings. The third-order valence-electron chi connectivity index (χ3n) is 5.15. The molecular weight excluding hydrogens is 344 g/mol. The molecule has 2 unspecified atom stereocenters. The summed E-state index contributed by atoms with van der Waals surface area (Å²) in [7, 11) is 1.57. The Labute approximate surface area is 158 Å². The lowest BCUT2D eigenvalue weighted by Crippen LogP contribution is -2.60. The minimum Gasteiger partial charge on any atom is -0.457 e. The van der Waals surface area contributed by atoms with Crippen LogP contribution < -0.4 is 5.32 Å². The van der Waals surface area contributed by atoms with Crippen molar-refractivity contribution in [2.24, 2.45) is 11.8 Å². The van der Waals surface area contributed by atoms with Crippen LogP contribution in [0.4, 0.5) is 0 Å². The number of esters is 1. The summed E-state index contributed by atoms with van der Waals surface area (Å²) in [4.78, 5) is 38.9. The molecule has 2 aliphatic heterocycles. The highest BCUT2D eigenvalue weighted by molar-refractivity contribution is 6.07. The van der Waals surface area contributed by atoms with Gasteiger partial charge < -0.3 is 15.0 Å². The predicted molar refractivity (Wildman–Crippen MR) is 101 cm³/mol. The Hall–Kier alpha value is -2.89. The van der Waals surface area contributed by atoms with Gasteiger partial charge in [-0.15, -0.1) is 0 Å². The van der Waals surface area contributed by atoms with Crippen molar-refractivity contribution in [2.75, 3.05) is 13.7 Å². The fraction of sp³-hybridized carbons (Fsp3) is 0.381. The van der Waals surface area contributed by atoms with E-state index in [1.807, 2.05) is 19.9 Å². The fourth-order valence-corrected chi connectivity index (χ4v) is 3.91. The van der Waals surface area contributed by atoms with Crippen molar-refractivity contribution in [2.45, 2.75) is 26.3 Å². The van der Waals surface area contributed by atoms with E-state index in [-0.39, 0.29) is 42.0 Å². The van der Waals surface area contributed by atoms with Gasteiger partial charge in [-0.3, -0.25) is 9.59 Å². The number of hydrogen-bond acceptors (Lipinski definition) is 4. The molecular formula is C21H24N2O4. The molecule has 0 radical (unpaired) electrons. The molecule has 2 heterocycles. The monoisotopic (exact) mass is 368 g/mol. The number of benzene rings is 1. The summed E-state index contributed by atoms with van der Waals surface area (Å²) in [6.07, 6.45) is 2.07. The highest BCUT2D eigenvalue weighted by Crippen LogP contribution is 2.48. The molecule has 0 bridgehead atoms. The maximum absolute atomic E-state index is 12.7. The normalized spacial score (nSPS) is 21.0. The van der Waals surface area contributed by atoms with Gasteiger partial charge in [0.1, 0.15) is 12.3 Å². The third-order valence-corrected chi connectivity index (χ3v) is 5.15. The number of carbonyl (C=O) groups excluding carboxylic acids is 3. The summed E-state index contributed by atoms with van der Waals surface area (Å²) >= 11 is 0. The van der Waals surface area contributed by atoms with Gasteiger partial charge in [0.05, 0.1) is 12.0 Å². The number of rotatable bonds is 6. The van der Waals surface area contributed by atoms with Gasteiger partial charge in [-0.25, -0.2) is 4.79 Å². The minimum absolute atomic E-state index is 0.0394. The molecule has 6 heteroatoms. The van der Waals surface area contributed by atoms with Gasteiger partial charge in [0, 0.05) is 12.6 Å². The predicted octanol–water partition coefficient (Wildman–Crippen LogP) is 2.37. The van der Waals surface area contributed by atoms with Crippen LogP contribution in [0.1, 0.15) is 36.2 Å². The standard InChI is InChI=1S/C21H24N2O4/c1-5-9-27-21(26)18-15(11-16-17(12(2)3)20(25)23(16)18)13-7-6-8-14(10-13)19(24)22-4/h5-8,10,12,16-17H,1,9,11H2,2-4H3,(H,22,24). The maximum Gasteiger partial charge on any atom is 0.355 e. The topological polar surface area (TPSA) is 75.7 Å². The second-order valence-corrected chi connectivity index (χ2v) is 7.12. The Balaban J connectivity index is 2.03. The van der Waals surface area contributed by atoms with Crippen LogP contribution in [0.15, 0.2) is 42.6 Å². The Kier molecular flexibility index (Phi) is 5.17. The molecule has 1 N–H and O–H groups in total. The zero-order chi connectivity index (χ0) is 19.7. The van der Waals surface area contributed by atoms with E-state index in [9.17, 15) is 14.4 Å². The number of fused-ring (bicyclic) bond motifs is 1. The average molecular weight is 368 g/mol. The molecule has 0 spiro atoms. The molecule has 0 aromatic heterocycles. The molecule has 1 saturated heterocycles. The number of nitrogens with one attached hydrogen (secondary N) is 1. The van der Waals surface area contributed by atoms with Crippen molar-refractivity contribution >= 4 is 23.4 Å². The molecule has 1 aromatic carbocycles. The van der Waals surface area contributed by atoms with Crippen LogP contribution in [0.3, 0.4) is 0 Å². The Morgan fingerprint density at radius 2 is 2.15 bits per heavy atom. The van der Waals surface area contributed by atoms with Gasteiger partial charge in [-0.1, -0.05) is 38.6 Å². The van der Waals surface area contributed by atoms with Crippen molar-refractivity contribution in [3.8, 4) is 0 Å². The number of carbonyl (C=O) groups is 3. The van der Waals surface area contributed by atoms with Crippen LogP contribution in [0.25, 0.3) is 5.57 Å². The Bertz CT molecular complexity index is 840. The van der Waals surface area contributed by atoms with Crippen molar-refractivity contribution in [3.63, 3.8) is 0 Å². The van der Waals surface area contributed by atoms with Crippen LogP contribution in [0, 0.1) is 11.8 Å². The van der Waals surface area contributed by atoms with Crippen molar-refractivity contribution in [1.82, 2.24) is 10.2 Å². The molecule has 2 aliphatic rings. The van der Waals surface area contributed by atoms with Crippen molar-refractivity contribution in [3.05, 3.63) is 53.7 Å². The summed E-state index contributed by atoms with van der Waals surface area (Å²) in [6.45, 7) is 7.66. The van der Waals surface area contributed by atoms with E-state index < -0.39 is 5.97 Å². The summed E-state index contributed by atoms with van der Waals surface area (Å²) < 4.78 is 5.23. The van der Waals surface area contributed by atoms with E-state index in [1.54, 1.807) is 30.1 Å². The minimum atomic E-state index is -0.534. The first-order chi connectivity index (χ1) is 12.9. The van der Waals surface area contributed by atoms with Crippen LogP contribution in [-0.2, 0) is 14.3 Å². The van der Waals surface area contributed by atoms with E-state index in [0.717, 1.165) is 11.1 Å². The van der Waals surface area contributed by atoms with Gasteiger partial charge in [-0.05, 0) is 35.6 Å². The van der Waals surface area contributed by atoms with E-state index >= 15 is 0 Å². The highest BCUT2D eigenvalue weighted by Gasteiger charge is 2.56. The van der Waals surface area contributed by atoms with E-state index in [4.69, 9.17) is 4.74 Å². The number of ether oxygens (including phenoxy) is 1. The molecule has 3 rings (SSSR count). The second-order valence-electron chi connectivity index (χ2n) is 7.12. The number of hydrogen-bond donors (Lipinski definition) is 1. The largest absolute Gasteiger partial charge is 0.457 e. The lowest BCUT2D eigenvalue weighted by atomic mass is 9.78. The zero-order valence-corrected chi connectivity index (χ0v) is 15.8. The quantitative estimate of drug-likeness (QED) is 0.475.